The molecule has 2 amide bonds. The Morgan fingerprint density at radius 2 is 1.70 bits per heavy atom. The van der Waals surface area contributed by atoms with Crippen molar-refractivity contribution in [2.45, 2.75) is 64.5 Å². The van der Waals surface area contributed by atoms with Crippen molar-refractivity contribution in [2.75, 3.05) is 6.54 Å². The molecule has 4 heteroatoms. The average Bonchev–Trinajstić information content (AvgIpc) is 3.30. The number of carbonyl (C=O) groups excluding carboxylic acids is 2. The minimum absolute atomic E-state index is 0.0456. The topological polar surface area (TPSA) is 49.4 Å². The van der Waals surface area contributed by atoms with Crippen LogP contribution in [0.25, 0.3) is 0 Å². The molecule has 2 saturated carbocycles. The molecule has 1 saturated heterocycles. The third kappa shape index (κ3) is 2.57. The number of piperazine rings is 1. The van der Waals surface area contributed by atoms with Crippen LogP contribution in [-0.2, 0) is 9.59 Å². The summed E-state index contributed by atoms with van der Waals surface area (Å²) < 4.78 is 0. The van der Waals surface area contributed by atoms with Gasteiger partial charge in [-0.05, 0) is 56.3 Å². The number of amides is 2. The van der Waals surface area contributed by atoms with E-state index in [2.05, 4.69) is 5.32 Å². The Hall–Kier alpha value is -1.06. The molecule has 1 heterocycles. The molecule has 0 aromatic carbocycles. The molecule has 0 radical (unpaired) electrons. The molecule has 0 aromatic heterocycles. The lowest BCUT2D eigenvalue weighted by Gasteiger charge is -2.40. The SMILES string of the molecule is CCC1NC(=O)C(CC)N(CC(C2CC2)C2CC2)C1=O. The fraction of sp³-hybridized carbons (Fsp3) is 0.875. The van der Waals surface area contributed by atoms with Gasteiger partial charge in [0.05, 0.1) is 0 Å². The second-order valence-electron chi connectivity index (χ2n) is 6.72. The summed E-state index contributed by atoms with van der Waals surface area (Å²) >= 11 is 0. The maximum absolute atomic E-state index is 12.6. The van der Waals surface area contributed by atoms with Crippen molar-refractivity contribution in [1.82, 2.24) is 10.2 Å². The van der Waals surface area contributed by atoms with Gasteiger partial charge < -0.3 is 10.2 Å². The molecule has 2 aliphatic carbocycles. The molecule has 0 bridgehead atoms. The van der Waals surface area contributed by atoms with Gasteiger partial charge in [0.25, 0.3) is 0 Å². The fourth-order valence-corrected chi connectivity index (χ4v) is 3.68. The summed E-state index contributed by atoms with van der Waals surface area (Å²) in [5.41, 5.74) is 0. The first-order valence-corrected chi connectivity index (χ1v) is 8.26. The van der Waals surface area contributed by atoms with Crippen LogP contribution in [0.15, 0.2) is 0 Å². The maximum Gasteiger partial charge on any atom is 0.245 e. The molecular weight excluding hydrogens is 252 g/mol. The van der Waals surface area contributed by atoms with Gasteiger partial charge in [-0.25, -0.2) is 0 Å². The Bertz CT molecular complexity index is 389. The van der Waals surface area contributed by atoms with Crippen LogP contribution in [0.5, 0.6) is 0 Å². The molecule has 3 rings (SSSR count). The van der Waals surface area contributed by atoms with Crippen LogP contribution in [0.2, 0.25) is 0 Å². The summed E-state index contributed by atoms with van der Waals surface area (Å²) in [4.78, 5) is 26.7. The number of carbonyl (C=O) groups is 2. The van der Waals surface area contributed by atoms with Crippen LogP contribution in [0.4, 0.5) is 0 Å². The van der Waals surface area contributed by atoms with Crippen LogP contribution in [0, 0.1) is 17.8 Å². The number of rotatable bonds is 6. The normalized spacial score (nSPS) is 30.9. The van der Waals surface area contributed by atoms with E-state index in [9.17, 15) is 9.59 Å². The van der Waals surface area contributed by atoms with Gasteiger partial charge in [0, 0.05) is 6.54 Å². The predicted octanol–water partition coefficient (Wildman–Crippen LogP) is 1.94. The van der Waals surface area contributed by atoms with E-state index in [1.54, 1.807) is 0 Å². The summed E-state index contributed by atoms with van der Waals surface area (Å²) in [5, 5.41) is 2.88. The molecule has 0 aromatic rings. The number of nitrogens with zero attached hydrogens (tertiary/aromatic N) is 1. The van der Waals surface area contributed by atoms with Crippen molar-refractivity contribution < 1.29 is 9.59 Å². The molecule has 3 aliphatic rings. The van der Waals surface area contributed by atoms with Gasteiger partial charge in [-0.1, -0.05) is 13.8 Å². The third-order valence-corrected chi connectivity index (χ3v) is 5.23. The van der Waals surface area contributed by atoms with Crippen molar-refractivity contribution in [3.8, 4) is 0 Å². The first-order valence-electron chi connectivity index (χ1n) is 8.26. The molecule has 1 aliphatic heterocycles. The maximum atomic E-state index is 12.6. The Morgan fingerprint density at radius 1 is 1.10 bits per heavy atom. The summed E-state index contributed by atoms with van der Waals surface area (Å²) in [5.74, 6) is 2.47. The largest absolute Gasteiger partial charge is 0.343 e. The molecule has 1 N–H and O–H groups in total. The van der Waals surface area contributed by atoms with E-state index in [-0.39, 0.29) is 23.9 Å². The van der Waals surface area contributed by atoms with Gasteiger partial charge >= 0.3 is 0 Å². The van der Waals surface area contributed by atoms with Crippen LogP contribution in [0.1, 0.15) is 52.4 Å². The van der Waals surface area contributed by atoms with Gasteiger partial charge in [-0.15, -0.1) is 0 Å². The van der Waals surface area contributed by atoms with E-state index in [1.165, 1.54) is 25.7 Å². The van der Waals surface area contributed by atoms with Gasteiger partial charge in [0.1, 0.15) is 12.1 Å². The van der Waals surface area contributed by atoms with E-state index in [1.807, 2.05) is 18.7 Å². The second kappa shape index (κ2) is 5.38. The summed E-state index contributed by atoms with van der Waals surface area (Å²) in [6, 6.07) is -0.547. The van der Waals surface area contributed by atoms with Gasteiger partial charge in [0.2, 0.25) is 11.8 Å². The minimum Gasteiger partial charge on any atom is -0.343 e. The summed E-state index contributed by atoms with van der Waals surface area (Å²) in [7, 11) is 0. The van der Waals surface area contributed by atoms with Gasteiger partial charge in [0.15, 0.2) is 0 Å². The van der Waals surface area contributed by atoms with Crippen molar-refractivity contribution in [1.29, 1.82) is 0 Å². The van der Waals surface area contributed by atoms with E-state index in [0.29, 0.717) is 12.3 Å². The highest BCUT2D eigenvalue weighted by atomic mass is 16.2. The lowest BCUT2D eigenvalue weighted by atomic mass is 9.94. The highest BCUT2D eigenvalue weighted by Gasteiger charge is 2.46. The monoisotopic (exact) mass is 278 g/mol. The van der Waals surface area contributed by atoms with Crippen LogP contribution in [0.3, 0.4) is 0 Å². The first-order chi connectivity index (χ1) is 9.65. The lowest BCUT2D eigenvalue weighted by molar-refractivity contribution is -0.150. The second-order valence-corrected chi connectivity index (χ2v) is 6.72. The molecule has 112 valence electrons. The van der Waals surface area contributed by atoms with E-state index < -0.39 is 0 Å². The minimum atomic E-state index is -0.302. The van der Waals surface area contributed by atoms with E-state index in [0.717, 1.165) is 24.8 Å². The van der Waals surface area contributed by atoms with Crippen molar-refractivity contribution in [3.63, 3.8) is 0 Å². The van der Waals surface area contributed by atoms with Crippen molar-refractivity contribution in [2.24, 2.45) is 17.8 Å². The Morgan fingerprint density at radius 3 is 2.15 bits per heavy atom. The molecule has 0 spiro atoms. The predicted molar refractivity (Wildman–Crippen MR) is 77.0 cm³/mol. The van der Waals surface area contributed by atoms with Gasteiger partial charge in [-0.3, -0.25) is 9.59 Å². The standard InChI is InChI=1S/C16H26N2O2/c1-3-13-16(20)18(14(4-2)15(19)17-13)9-12(10-5-6-10)11-7-8-11/h10-14H,3-9H2,1-2H3,(H,17,19). The van der Waals surface area contributed by atoms with Crippen LogP contribution in [-0.4, -0.2) is 35.3 Å². The smallest absolute Gasteiger partial charge is 0.245 e. The van der Waals surface area contributed by atoms with E-state index in [4.69, 9.17) is 0 Å². The number of hydrogen-bond donors (Lipinski definition) is 1. The molecular formula is C16H26N2O2. The fourth-order valence-electron chi connectivity index (χ4n) is 3.68. The molecule has 2 atom stereocenters. The third-order valence-electron chi connectivity index (χ3n) is 5.23. The van der Waals surface area contributed by atoms with E-state index >= 15 is 0 Å². The quantitative estimate of drug-likeness (QED) is 0.807. The molecule has 3 fully saturated rings. The molecule has 4 nitrogen and oxygen atoms in total. The summed E-state index contributed by atoms with van der Waals surface area (Å²) in [6.07, 6.45) is 6.70. The highest BCUT2D eigenvalue weighted by Crippen LogP contribution is 2.49. The Kier molecular flexibility index (Phi) is 3.74. The Balaban J connectivity index is 1.75. The highest BCUT2D eigenvalue weighted by molar-refractivity contribution is 5.96. The van der Waals surface area contributed by atoms with Crippen molar-refractivity contribution >= 4 is 11.8 Å². The van der Waals surface area contributed by atoms with Crippen LogP contribution < -0.4 is 5.32 Å². The molecule has 2 unspecified atom stereocenters. The molecule has 20 heavy (non-hydrogen) atoms. The van der Waals surface area contributed by atoms with Crippen molar-refractivity contribution in [3.05, 3.63) is 0 Å². The zero-order valence-electron chi connectivity index (χ0n) is 12.6. The Labute approximate surface area is 121 Å². The lowest BCUT2D eigenvalue weighted by Crippen LogP contribution is -2.63. The van der Waals surface area contributed by atoms with Gasteiger partial charge in [-0.2, -0.15) is 0 Å². The zero-order valence-corrected chi connectivity index (χ0v) is 12.6. The number of nitrogens with one attached hydrogen (secondary N) is 1. The van der Waals surface area contributed by atoms with Crippen LogP contribution >= 0.6 is 0 Å². The average molecular weight is 278 g/mol. The first kappa shape index (κ1) is 13.9. The zero-order chi connectivity index (χ0) is 14.3. The number of hydrogen-bond acceptors (Lipinski definition) is 2. The summed E-state index contributed by atoms with van der Waals surface area (Å²) in [6.45, 7) is 4.78.